The third kappa shape index (κ3) is 2.37. The van der Waals surface area contributed by atoms with Crippen molar-refractivity contribution >= 4 is 0 Å². The van der Waals surface area contributed by atoms with E-state index in [1.54, 1.807) is 0 Å². The maximum atomic E-state index is 9.87. The fourth-order valence-corrected chi connectivity index (χ4v) is 1.63. The van der Waals surface area contributed by atoms with Crippen LogP contribution in [0.5, 0.6) is 0 Å². The van der Waals surface area contributed by atoms with Gasteiger partial charge < -0.3 is 10.0 Å². The van der Waals surface area contributed by atoms with E-state index in [-0.39, 0.29) is 6.54 Å². The minimum absolute atomic E-state index is 0.188. The smallest absolute Gasteiger partial charge is 0.0830 e. The van der Waals surface area contributed by atoms with Gasteiger partial charge in [0.2, 0.25) is 0 Å². The summed E-state index contributed by atoms with van der Waals surface area (Å²) in [5.74, 6) is 0. The molecule has 5 heteroatoms. The number of hydrogen-bond acceptors (Lipinski definition) is 3. The van der Waals surface area contributed by atoms with Crippen molar-refractivity contribution in [2.45, 2.75) is 18.4 Å². The molecule has 0 amide bonds. The van der Waals surface area contributed by atoms with Crippen LogP contribution in [-0.4, -0.2) is 42.3 Å². The second kappa shape index (κ2) is 3.76. The largest absolute Gasteiger partial charge is 0.388 e. The summed E-state index contributed by atoms with van der Waals surface area (Å²) in [4.78, 5) is 4.70. The molecule has 0 aromatic rings. The predicted molar refractivity (Wildman–Crippen MR) is 45.7 cm³/mol. The third-order valence-corrected chi connectivity index (χ3v) is 2.17. The number of nitrogens with zero attached hydrogens (tertiary/aromatic N) is 4. The van der Waals surface area contributed by atoms with E-state index in [1.807, 2.05) is 7.05 Å². The standard InChI is InChI=1S/C7H14N4O/c1-11-4-2-3-7(12,6-11)5-9-10-8/h12H,2-6H2,1H3. The monoisotopic (exact) mass is 170 g/mol. The van der Waals surface area contributed by atoms with Gasteiger partial charge in [-0.25, -0.2) is 0 Å². The molecule has 0 aliphatic carbocycles. The van der Waals surface area contributed by atoms with Gasteiger partial charge in [0.25, 0.3) is 0 Å². The topological polar surface area (TPSA) is 72.2 Å². The number of likely N-dealkylation sites (tertiary alicyclic amines) is 1. The van der Waals surface area contributed by atoms with Crippen molar-refractivity contribution in [2.24, 2.45) is 5.11 Å². The zero-order chi connectivity index (χ0) is 9.03. The Morgan fingerprint density at radius 3 is 3.08 bits per heavy atom. The quantitative estimate of drug-likeness (QED) is 0.377. The molecule has 0 aromatic heterocycles. The molecule has 5 nitrogen and oxygen atoms in total. The van der Waals surface area contributed by atoms with Crippen LogP contribution in [-0.2, 0) is 0 Å². The average molecular weight is 170 g/mol. The van der Waals surface area contributed by atoms with E-state index in [2.05, 4.69) is 14.9 Å². The number of likely N-dealkylation sites (N-methyl/N-ethyl adjacent to an activating group) is 1. The van der Waals surface area contributed by atoms with Crippen LogP contribution in [0.1, 0.15) is 12.8 Å². The van der Waals surface area contributed by atoms with Crippen molar-refractivity contribution in [1.82, 2.24) is 4.90 Å². The fraction of sp³-hybridized carbons (Fsp3) is 1.00. The van der Waals surface area contributed by atoms with Crippen LogP contribution < -0.4 is 0 Å². The molecule has 1 atom stereocenters. The molecule has 68 valence electrons. The number of azide groups is 1. The lowest BCUT2D eigenvalue weighted by atomic mass is 9.93. The van der Waals surface area contributed by atoms with Gasteiger partial charge in [0.05, 0.1) is 12.1 Å². The molecule has 1 rings (SSSR count). The van der Waals surface area contributed by atoms with Crippen molar-refractivity contribution < 1.29 is 5.11 Å². The Balaban J connectivity index is 2.50. The van der Waals surface area contributed by atoms with E-state index < -0.39 is 5.60 Å². The summed E-state index contributed by atoms with van der Waals surface area (Å²) in [5, 5.41) is 13.3. The Kier molecular flexibility index (Phi) is 2.92. The Bertz CT molecular complexity index is 202. The molecular weight excluding hydrogens is 156 g/mol. The number of hydrogen-bond donors (Lipinski definition) is 1. The number of β-amino-alcohol motifs (C(OH)–C–C–N with tert-alkyl or cyclic N) is 1. The summed E-state index contributed by atoms with van der Waals surface area (Å²) >= 11 is 0. The molecule has 0 bridgehead atoms. The van der Waals surface area contributed by atoms with Gasteiger partial charge in [-0.1, -0.05) is 5.11 Å². The number of aliphatic hydroxyl groups is 1. The highest BCUT2D eigenvalue weighted by Crippen LogP contribution is 2.20. The third-order valence-electron chi connectivity index (χ3n) is 2.17. The minimum Gasteiger partial charge on any atom is -0.388 e. The molecule has 0 spiro atoms. The molecule has 0 saturated carbocycles. The minimum atomic E-state index is -0.792. The van der Waals surface area contributed by atoms with E-state index in [4.69, 9.17) is 5.53 Å². The SMILES string of the molecule is CN1CCCC(O)(CN=[N+]=[N-])C1. The van der Waals surface area contributed by atoms with E-state index in [0.717, 1.165) is 19.4 Å². The summed E-state index contributed by atoms with van der Waals surface area (Å²) < 4.78 is 0. The van der Waals surface area contributed by atoms with Crippen LogP contribution in [0.3, 0.4) is 0 Å². The summed E-state index contributed by atoms with van der Waals surface area (Å²) in [6.45, 7) is 1.80. The van der Waals surface area contributed by atoms with Crippen molar-refractivity contribution in [3.63, 3.8) is 0 Å². The Hall–Kier alpha value is -0.770. The Labute approximate surface area is 71.6 Å². The summed E-state index contributed by atoms with van der Waals surface area (Å²) in [7, 11) is 1.96. The van der Waals surface area contributed by atoms with Gasteiger partial charge in [-0.15, -0.1) is 0 Å². The lowest BCUT2D eigenvalue weighted by Crippen LogP contribution is -2.48. The maximum Gasteiger partial charge on any atom is 0.0830 e. The molecule has 0 aromatic carbocycles. The van der Waals surface area contributed by atoms with Crippen LogP contribution in [0, 0.1) is 0 Å². The van der Waals surface area contributed by atoms with Gasteiger partial charge in [-0.2, -0.15) is 0 Å². The Morgan fingerprint density at radius 1 is 1.75 bits per heavy atom. The summed E-state index contributed by atoms with van der Waals surface area (Å²) in [6.07, 6.45) is 1.70. The van der Waals surface area contributed by atoms with Crippen LogP contribution in [0.25, 0.3) is 10.4 Å². The van der Waals surface area contributed by atoms with Crippen molar-refractivity contribution in [1.29, 1.82) is 0 Å². The molecule has 1 saturated heterocycles. The fourth-order valence-electron chi connectivity index (χ4n) is 1.63. The molecule has 1 heterocycles. The second-order valence-electron chi connectivity index (χ2n) is 3.45. The lowest BCUT2D eigenvalue weighted by Gasteiger charge is -2.36. The van der Waals surface area contributed by atoms with Gasteiger partial charge in [-0.05, 0) is 32.0 Å². The van der Waals surface area contributed by atoms with Crippen molar-refractivity contribution in [2.75, 3.05) is 26.7 Å². The van der Waals surface area contributed by atoms with E-state index in [1.165, 1.54) is 0 Å². The molecule has 0 radical (unpaired) electrons. The highest BCUT2D eigenvalue weighted by atomic mass is 16.3. The van der Waals surface area contributed by atoms with Crippen molar-refractivity contribution in [3.05, 3.63) is 10.4 Å². The first-order chi connectivity index (χ1) is 5.66. The molecule has 1 aliphatic rings. The molecule has 1 fully saturated rings. The molecule has 1 unspecified atom stereocenters. The highest BCUT2D eigenvalue weighted by Gasteiger charge is 2.30. The molecular formula is C7H14N4O. The zero-order valence-corrected chi connectivity index (χ0v) is 7.27. The molecule has 12 heavy (non-hydrogen) atoms. The van der Waals surface area contributed by atoms with Crippen LogP contribution in [0.2, 0.25) is 0 Å². The van der Waals surface area contributed by atoms with Gasteiger partial charge in [0.1, 0.15) is 0 Å². The van der Waals surface area contributed by atoms with Gasteiger partial charge in [0, 0.05) is 11.5 Å². The van der Waals surface area contributed by atoms with E-state index in [0.29, 0.717) is 6.54 Å². The van der Waals surface area contributed by atoms with Crippen LogP contribution in [0.15, 0.2) is 5.11 Å². The van der Waals surface area contributed by atoms with Gasteiger partial charge in [-0.3, -0.25) is 0 Å². The van der Waals surface area contributed by atoms with Crippen molar-refractivity contribution in [3.8, 4) is 0 Å². The average Bonchev–Trinajstić information content (AvgIpc) is 2.01. The van der Waals surface area contributed by atoms with Gasteiger partial charge in [0.15, 0.2) is 0 Å². The molecule has 1 N–H and O–H groups in total. The summed E-state index contributed by atoms with van der Waals surface area (Å²) in [6, 6.07) is 0. The first kappa shape index (κ1) is 9.32. The zero-order valence-electron chi connectivity index (χ0n) is 7.27. The predicted octanol–water partition coefficient (Wildman–Crippen LogP) is 0.753. The lowest BCUT2D eigenvalue weighted by molar-refractivity contribution is -0.0149. The number of piperidine rings is 1. The Morgan fingerprint density at radius 2 is 2.50 bits per heavy atom. The first-order valence-corrected chi connectivity index (χ1v) is 4.08. The van der Waals surface area contributed by atoms with E-state index >= 15 is 0 Å². The molecule has 1 aliphatic heterocycles. The second-order valence-corrected chi connectivity index (χ2v) is 3.45. The maximum absolute atomic E-state index is 9.87. The van der Waals surface area contributed by atoms with Crippen LogP contribution >= 0.6 is 0 Å². The number of rotatable bonds is 2. The van der Waals surface area contributed by atoms with Gasteiger partial charge >= 0.3 is 0 Å². The normalized spacial score (nSPS) is 31.2. The van der Waals surface area contributed by atoms with Crippen LogP contribution in [0.4, 0.5) is 0 Å². The summed E-state index contributed by atoms with van der Waals surface area (Å²) in [5.41, 5.74) is 7.32. The highest BCUT2D eigenvalue weighted by molar-refractivity contribution is 4.87. The first-order valence-electron chi connectivity index (χ1n) is 4.08. The van der Waals surface area contributed by atoms with E-state index in [9.17, 15) is 5.11 Å².